The lowest BCUT2D eigenvalue weighted by Crippen LogP contribution is -2.08. The fraction of sp³-hybridized carbons (Fsp3) is 0.545. The lowest BCUT2D eigenvalue weighted by molar-refractivity contribution is 0.785. The van der Waals surface area contributed by atoms with Crippen LogP contribution in [0.15, 0.2) is 6.33 Å². The van der Waals surface area contributed by atoms with Crippen LogP contribution < -0.4 is 10.6 Å². The van der Waals surface area contributed by atoms with Crippen LogP contribution in [0.3, 0.4) is 0 Å². The first-order chi connectivity index (χ1) is 8.28. The molecule has 6 heteroatoms. The number of hydrogen-bond donors (Lipinski definition) is 3. The average Bonchev–Trinajstić information content (AvgIpc) is 2.86. The molecule has 0 spiro atoms. The Bertz CT molecular complexity index is 534. The minimum absolute atomic E-state index is 0.593. The largest absolute Gasteiger partial charge is 0.368 e. The molecule has 6 nitrogen and oxygen atoms in total. The number of hydrogen-bond acceptors (Lipinski definition) is 5. The quantitative estimate of drug-likeness (QED) is 0.744. The van der Waals surface area contributed by atoms with Gasteiger partial charge in [0.2, 0.25) is 5.95 Å². The van der Waals surface area contributed by atoms with E-state index in [2.05, 4.69) is 37.5 Å². The number of aromatic nitrogens is 4. The van der Waals surface area contributed by atoms with Crippen molar-refractivity contribution in [2.45, 2.75) is 13.3 Å². The number of H-pyrrole nitrogens is 1. The van der Waals surface area contributed by atoms with Crippen LogP contribution in [0.2, 0.25) is 0 Å². The van der Waals surface area contributed by atoms with Crippen LogP contribution in [0, 0.1) is 11.8 Å². The summed E-state index contributed by atoms with van der Waals surface area (Å²) in [6, 6.07) is 0. The third-order valence-electron chi connectivity index (χ3n) is 3.32. The molecule has 90 valence electrons. The molecule has 2 unspecified atom stereocenters. The molecule has 2 heterocycles. The van der Waals surface area contributed by atoms with Gasteiger partial charge in [0, 0.05) is 13.6 Å². The van der Waals surface area contributed by atoms with Crippen LogP contribution >= 0.6 is 0 Å². The molecule has 17 heavy (non-hydrogen) atoms. The van der Waals surface area contributed by atoms with E-state index in [0.717, 1.165) is 29.7 Å². The van der Waals surface area contributed by atoms with Crippen LogP contribution in [0.1, 0.15) is 13.3 Å². The van der Waals surface area contributed by atoms with Gasteiger partial charge in [-0.25, -0.2) is 4.98 Å². The Labute approximate surface area is 99.3 Å². The summed E-state index contributed by atoms with van der Waals surface area (Å²) < 4.78 is 0. The van der Waals surface area contributed by atoms with Crippen LogP contribution in [-0.4, -0.2) is 33.5 Å². The molecule has 2 aromatic heterocycles. The second kappa shape index (κ2) is 3.87. The van der Waals surface area contributed by atoms with Gasteiger partial charge in [0.15, 0.2) is 11.5 Å². The van der Waals surface area contributed by atoms with Gasteiger partial charge in [0.25, 0.3) is 0 Å². The first-order valence-electron chi connectivity index (χ1n) is 5.90. The van der Waals surface area contributed by atoms with Gasteiger partial charge in [-0.05, 0) is 18.3 Å². The Balaban J connectivity index is 1.87. The van der Waals surface area contributed by atoms with Gasteiger partial charge in [-0.1, -0.05) is 6.92 Å². The predicted molar refractivity (Wildman–Crippen MR) is 67.0 cm³/mol. The maximum absolute atomic E-state index is 4.41. The summed E-state index contributed by atoms with van der Waals surface area (Å²) in [7, 11) is 1.81. The van der Waals surface area contributed by atoms with Crippen molar-refractivity contribution < 1.29 is 0 Å². The van der Waals surface area contributed by atoms with Crippen LogP contribution in [0.5, 0.6) is 0 Å². The molecule has 2 atom stereocenters. The van der Waals surface area contributed by atoms with Crippen molar-refractivity contribution in [3.8, 4) is 0 Å². The van der Waals surface area contributed by atoms with E-state index in [1.807, 2.05) is 0 Å². The lowest BCUT2D eigenvalue weighted by Gasteiger charge is -2.07. The summed E-state index contributed by atoms with van der Waals surface area (Å²) >= 11 is 0. The van der Waals surface area contributed by atoms with Gasteiger partial charge < -0.3 is 15.6 Å². The molecule has 2 aromatic rings. The third-order valence-corrected chi connectivity index (χ3v) is 3.32. The maximum atomic E-state index is 4.41. The van der Waals surface area contributed by atoms with Gasteiger partial charge in [-0.3, -0.25) is 0 Å². The Morgan fingerprint density at radius 3 is 3.00 bits per heavy atom. The van der Waals surface area contributed by atoms with Gasteiger partial charge >= 0.3 is 0 Å². The number of fused-ring (bicyclic) bond motifs is 1. The number of anilines is 2. The molecular weight excluding hydrogens is 216 g/mol. The summed E-state index contributed by atoms with van der Waals surface area (Å²) in [6.07, 6.45) is 2.95. The Kier molecular flexibility index (Phi) is 2.35. The molecule has 0 aromatic carbocycles. The topological polar surface area (TPSA) is 78.5 Å². The normalized spacial score (nSPS) is 22.7. The van der Waals surface area contributed by atoms with E-state index < -0.39 is 0 Å². The van der Waals surface area contributed by atoms with E-state index in [4.69, 9.17) is 0 Å². The molecule has 0 aliphatic heterocycles. The first-order valence-corrected chi connectivity index (χ1v) is 5.90. The molecule has 0 radical (unpaired) electrons. The standard InChI is InChI=1S/C11H16N6/c1-6-3-7(6)4-13-9-8-10(15-5-14-8)17-11(12-2)16-9/h5-7H,3-4H2,1-2H3,(H3,12,13,14,15,16,17). The minimum Gasteiger partial charge on any atom is -0.368 e. The first kappa shape index (κ1) is 10.3. The summed E-state index contributed by atoms with van der Waals surface area (Å²) in [6.45, 7) is 3.24. The third kappa shape index (κ3) is 1.90. The second-order valence-electron chi connectivity index (χ2n) is 4.60. The molecule has 1 fully saturated rings. The second-order valence-corrected chi connectivity index (χ2v) is 4.60. The van der Waals surface area contributed by atoms with Crippen molar-refractivity contribution in [3.05, 3.63) is 6.33 Å². The number of imidazole rings is 1. The maximum Gasteiger partial charge on any atom is 0.226 e. The number of rotatable bonds is 4. The monoisotopic (exact) mass is 232 g/mol. The zero-order valence-corrected chi connectivity index (χ0v) is 9.99. The number of aromatic amines is 1. The Morgan fingerprint density at radius 1 is 1.47 bits per heavy atom. The van der Waals surface area contributed by atoms with E-state index in [9.17, 15) is 0 Å². The van der Waals surface area contributed by atoms with Crippen molar-refractivity contribution in [2.75, 3.05) is 24.2 Å². The molecule has 0 saturated heterocycles. The number of nitrogens with zero attached hydrogens (tertiary/aromatic N) is 3. The van der Waals surface area contributed by atoms with E-state index in [0.29, 0.717) is 11.6 Å². The van der Waals surface area contributed by atoms with E-state index in [1.165, 1.54) is 6.42 Å². The van der Waals surface area contributed by atoms with Crippen molar-refractivity contribution in [2.24, 2.45) is 11.8 Å². The number of nitrogens with one attached hydrogen (secondary N) is 3. The lowest BCUT2D eigenvalue weighted by atomic mass is 10.3. The smallest absolute Gasteiger partial charge is 0.226 e. The van der Waals surface area contributed by atoms with Crippen molar-refractivity contribution >= 4 is 22.9 Å². The summed E-state index contributed by atoms with van der Waals surface area (Å²) in [5.41, 5.74) is 1.56. The van der Waals surface area contributed by atoms with Crippen molar-refractivity contribution in [1.82, 2.24) is 19.9 Å². The van der Waals surface area contributed by atoms with E-state index in [1.54, 1.807) is 13.4 Å². The highest BCUT2D eigenvalue weighted by Gasteiger charge is 2.32. The zero-order valence-electron chi connectivity index (χ0n) is 9.99. The SMILES string of the molecule is CNc1nc(NCC2CC2C)c2[nH]cnc2n1. The molecule has 1 aliphatic carbocycles. The molecular formula is C11H16N6. The highest BCUT2D eigenvalue weighted by atomic mass is 15.2. The average molecular weight is 232 g/mol. The van der Waals surface area contributed by atoms with Gasteiger partial charge in [-0.2, -0.15) is 9.97 Å². The van der Waals surface area contributed by atoms with Crippen LogP contribution in [0.25, 0.3) is 11.2 Å². The Hall–Kier alpha value is -1.85. The highest BCUT2D eigenvalue weighted by molar-refractivity contribution is 5.83. The Morgan fingerprint density at radius 2 is 2.29 bits per heavy atom. The van der Waals surface area contributed by atoms with Crippen molar-refractivity contribution in [3.63, 3.8) is 0 Å². The summed E-state index contributed by atoms with van der Waals surface area (Å²) in [5, 5.41) is 6.32. The molecule has 3 rings (SSSR count). The minimum atomic E-state index is 0.593. The molecule has 3 N–H and O–H groups in total. The van der Waals surface area contributed by atoms with Crippen LogP contribution in [0.4, 0.5) is 11.8 Å². The summed E-state index contributed by atoms with van der Waals surface area (Å²) in [4.78, 5) is 15.9. The molecule has 1 saturated carbocycles. The summed E-state index contributed by atoms with van der Waals surface area (Å²) in [5.74, 6) is 3.04. The fourth-order valence-corrected chi connectivity index (χ4v) is 1.98. The molecule has 0 amide bonds. The van der Waals surface area contributed by atoms with Crippen LogP contribution in [-0.2, 0) is 0 Å². The van der Waals surface area contributed by atoms with E-state index >= 15 is 0 Å². The fourth-order valence-electron chi connectivity index (χ4n) is 1.98. The van der Waals surface area contributed by atoms with E-state index in [-0.39, 0.29) is 0 Å². The van der Waals surface area contributed by atoms with Crippen molar-refractivity contribution in [1.29, 1.82) is 0 Å². The van der Waals surface area contributed by atoms with Gasteiger partial charge in [0.1, 0.15) is 5.52 Å². The zero-order chi connectivity index (χ0) is 11.8. The molecule has 1 aliphatic rings. The highest BCUT2D eigenvalue weighted by Crippen LogP contribution is 2.37. The van der Waals surface area contributed by atoms with Gasteiger partial charge in [-0.15, -0.1) is 0 Å². The predicted octanol–water partition coefficient (Wildman–Crippen LogP) is 1.46. The molecule has 0 bridgehead atoms. The van der Waals surface area contributed by atoms with Gasteiger partial charge in [0.05, 0.1) is 6.33 Å².